The molecule has 0 spiro atoms. The maximum atomic E-state index is 12.4. The van der Waals surface area contributed by atoms with Gasteiger partial charge in [-0.3, -0.25) is 50.2 Å². The smallest absolute Gasteiger partial charge is 0.368 e. The van der Waals surface area contributed by atoms with Crippen LogP contribution in [-0.2, 0) is 50.2 Å². The average Bonchev–Trinajstić information content (AvgIpc) is 2.63. The maximum Gasteiger partial charge on any atom is 0.371 e. The highest BCUT2D eigenvalue weighted by molar-refractivity contribution is 7.93. The van der Waals surface area contributed by atoms with Crippen LogP contribution in [0.15, 0.2) is 0 Å². The Morgan fingerprint density at radius 2 is 0.373 bits per heavy atom. The first-order valence-corrected chi connectivity index (χ1v) is 28.0. The lowest BCUT2D eigenvalue weighted by Gasteiger charge is -2.57. The van der Waals surface area contributed by atoms with Crippen LogP contribution in [0.3, 0.4) is 0 Å². The molecule has 0 aliphatic heterocycles. The summed E-state index contributed by atoms with van der Waals surface area (Å²) in [4.78, 5) is 203. The molecule has 0 amide bonds. The minimum absolute atomic E-state index is 0.383. The summed E-state index contributed by atoms with van der Waals surface area (Å²) in [7, 11) is -86.7. The first-order valence-electron chi connectivity index (χ1n) is 10.3. The van der Waals surface area contributed by atoms with Crippen LogP contribution in [0.1, 0.15) is 6.92 Å². The highest BCUT2D eigenvalue weighted by Crippen LogP contribution is 2.99. The lowest BCUT2D eigenvalue weighted by Crippen LogP contribution is -2.67. The second kappa shape index (κ2) is 14.7. The third kappa shape index (κ3) is 9.01. The molecule has 51 heavy (non-hydrogen) atoms. The lowest BCUT2D eigenvalue weighted by molar-refractivity contribution is 0.100. The van der Waals surface area contributed by atoms with Crippen LogP contribution >= 0.6 is 83.6 Å². The fourth-order valence-corrected chi connectivity index (χ4v) is 24.2. The molecule has 0 aliphatic rings. The molecular formula is C5H26NO34P11. The number of rotatable bonds is 14. The second-order valence-corrected chi connectivity index (χ2v) is 32.2. The molecular weight excluding hydrogens is 959 g/mol. The van der Waals surface area contributed by atoms with Crippen molar-refractivity contribution in [2.24, 2.45) is 0 Å². The van der Waals surface area contributed by atoms with Gasteiger partial charge < -0.3 is 113 Å². The highest BCUT2D eigenvalue weighted by atomic mass is 31.3. The zero-order valence-electron chi connectivity index (χ0n) is 23.1. The first-order chi connectivity index (χ1) is 21.1. The van der Waals surface area contributed by atoms with Crippen molar-refractivity contribution in [2.45, 2.75) is 26.3 Å². The molecule has 0 heterocycles. The van der Waals surface area contributed by atoms with Gasteiger partial charge in [0.1, 0.15) is 0 Å². The molecule has 0 aromatic rings. The normalized spacial score (nSPS) is 16.5. The Labute approximate surface area is 277 Å². The Morgan fingerprint density at radius 3 is 0.412 bits per heavy atom. The van der Waals surface area contributed by atoms with Crippen LogP contribution < -0.4 is 0 Å². The fourth-order valence-electron chi connectivity index (χ4n) is 3.47. The van der Waals surface area contributed by atoms with Crippen LogP contribution in [0.25, 0.3) is 0 Å². The van der Waals surface area contributed by atoms with E-state index < -0.39 is 108 Å². The molecule has 0 saturated carbocycles. The van der Waals surface area contributed by atoms with E-state index in [1.165, 1.54) is 0 Å². The van der Waals surface area contributed by atoms with Crippen molar-refractivity contribution in [3.8, 4) is 0 Å². The van der Waals surface area contributed by atoms with Crippen molar-refractivity contribution >= 4 is 83.6 Å². The number of hydrogen-bond acceptors (Lipinski definition) is 13. The van der Waals surface area contributed by atoms with E-state index in [0.29, 0.717) is 6.92 Å². The molecule has 0 fully saturated rings. The summed E-state index contributed by atoms with van der Waals surface area (Å²) in [6, 6.07) is 0. The van der Waals surface area contributed by atoms with Gasteiger partial charge in [0.05, 0.1) is 0 Å². The zero-order valence-corrected chi connectivity index (χ0v) is 33.0. The number of nitrogens with zero attached hydrogens (tertiary/aromatic N) is 1. The van der Waals surface area contributed by atoms with Gasteiger partial charge in [0.2, 0.25) is 0 Å². The fraction of sp³-hybridized carbons (Fsp3) is 1.00. The largest absolute Gasteiger partial charge is 0.371 e. The van der Waals surface area contributed by atoms with Crippen molar-refractivity contribution in [3.63, 3.8) is 0 Å². The monoisotopic (exact) mass is 985 g/mol. The molecule has 23 N–H and O–H groups in total. The molecule has 0 saturated heterocycles. The van der Waals surface area contributed by atoms with Gasteiger partial charge in [-0.1, -0.05) is 0 Å². The Bertz CT molecular complexity index is 1500. The van der Waals surface area contributed by atoms with Crippen molar-refractivity contribution in [2.75, 3.05) is 0 Å². The molecule has 310 valence electrons. The van der Waals surface area contributed by atoms with E-state index in [1.54, 1.807) is 0 Å². The van der Waals surface area contributed by atoms with Crippen LogP contribution in [-0.4, -0.2) is 137 Å². The Morgan fingerprint density at radius 1 is 0.275 bits per heavy atom. The topological polar surface area (TPSA) is 656 Å². The summed E-state index contributed by atoms with van der Waals surface area (Å²) in [6.07, 6.45) is 0. The van der Waals surface area contributed by atoms with E-state index in [0.717, 1.165) is 0 Å². The predicted molar refractivity (Wildman–Crippen MR) is 153 cm³/mol. The Balaban J connectivity index is 0. The summed E-state index contributed by atoms with van der Waals surface area (Å²) < 4.78 is 111. The Hall–Kier alpha value is 1.57. The standard InChI is InChI=1S/C3H18NO27P9.C2H8O7P2/c5-32(6,7)1(33(8,9)10,34(11,12)13)4(2(35(14,15)16,36(17,18)19)37(20,21)22)3(38(23,24)25,39(26,27)28)40(29,30)31;1-2(3,10(4,5)6)11(7,8)9/h(H2,5,6,7)(H2,8,9,10)(H2,11,12,13)(H2,14,15,16)(H2,17,18,19)(H2,20,21,22)(H2,23,24,25)(H2,26,27,28)(H2,29,30,31);3H,1H3,(H2,4,5,6)(H2,7,8,9). The predicted octanol–water partition coefficient (Wildman–Crippen LogP) is -5.27. The minimum atomic E-state index is -8.48. The molecule has 35 nitrogen and oxygen atoms in total. The number of aliphatic hydroxyl groups is 1. The van der Waals surface area contributed by atoms with Gasteiger partial charge in [-0.05, 0) is 6.92 Å². The third-order valence-corrected chi connectivity index (χ3v) is 32.2. The van der Waals surface area contributed by atoms with Crippen LogP contribution in [0.4, 0.5) is 0 Å². The molecule has 0 bridgehead atoms. The molecule has 0 aliphatic carbocycles. The van der Waals surface area contributed by atoms with Crippen LogP contribution in [0, 0.1) is 0 Å². The highest BCUT2D eigenvalue weighted by Gasteiger charge is 2.97. The number of hydrogen-bond donors (Lipinski definition) is 23. The van der Waals surface area contributed by atoms with E-state index in [2.05, 4.69) is 0 Å². The van der Waals surface area contributed by atoms with Gasteiger partial charge in [-0.2, -0.15) is 4.90 Å². The van der Waals surface area contributed by atoms with E-state index in [-0.39, 0.29) is 0 Å². The Kier molecular flexibility index (Phi) is 15.8. The van der Waals surface area contributed by atoms with Crippen molar-refractivity contribution in [3.05, 3.63) is 0 Å². The SMILES string of the molecule is CC(O)(P(=O)(O)O)P(=O)(O)O.O=P(O)(O)C(N(C(P(=O)(O)O)(P(=O)(O)O)P(=O)(O)O)C(P(=O)(O)O)(P(=O)(O)O)P(=O)(O)O)(P(=O)(O)O)P(=O)(O)O. The van der Waals surface area contributed by atoms with Gasteiger partial charge >= 0.3 is 97.8 Å². The maximum absolute atomic E-state index is 12.4. The summed E-state index contributed by atoms with van der Waals surface area (Å²) in [5.74, 6) is 0. The third-order valence-electron chi connectivity index (χ3n) is 5.52. The van der Waals surface area contributed by atoms with Gasteiger partial charge in [0, 0.05) is 0 Å². The van der Waals surface area contributed by atoms with Gasteiger partial charge in [-0.15, -0.1) is 0 Å². The van der Waals surface area contributed by atoms with E-state index >= 15 is 0 Å². The van der Waals surface area contributed by atoms with Gasteiger partial charge in [-0.25, -0.2) is 0 Å². The summed E-state index contributed by atoms with van der Waals surface area (Å²) in [5.41, 5.74) is 0. The van der Waals surface area contributed by atoms with E-state index in [4.69, 9.17) is 24.7 Å². The molecule has 0 aromatic carbocycles. The molecule has 0 aromatic heterocycles. The minimum Gasteiger partial charge on any atom is -0.368 e. The van der Waals surface area contributed by atoms with Crippen molar-refractivity contribution < 1.29 is 163 Å². The summed E-state index contributed by atoms with van der Waals surface area (Å²) in [5, 5.41) is 5.37. The molecule has 0 atom stereocenters. The molecule has 0 unspecified atom stereocenters. The second-order valence-electron chi connectivity index (χ2n) is 9.09. The van der Waals surface area contributed by atoms with Crippen LogP contribution in [0.5, 0.6) is 0 Å². The quantitative estimate of drug-likeness (QED) is 0.0723. The van der Waals surface area contributed by atoms with Gasteiger partial charge in [0.15, 0.2) is 0 Å². The van der Waals surface area contributed by atoms with Crippen molar-refractivity contribution in [1.82, 2.24) is 4.90 Å². The first kappa shape index (κ1) is 54.7. The van der Waals surface area contributed by atoms with Crippen LogP contribution in [0.2, 0.25) is 0 Å². The van der Waals surface area contributed by atoms with E-state index in [1.807, 2.05) is 0 Å². The summed E-state index contributed by atoms with van der Waals surface area (Å²) in [6.45, 7) is 0.383. The molecule has 46 heteroatoms. The molecule has 0 radical (unpaired) electrons. The average molecular weight is 985 g/mol. The zero-order chi connectivity index (χ0) is 43.1. The molecule has 0 rings (SSSR count). The lowest BCUT2D eigenvalue weighted by atomic mass is 10.9. The van der Waals surface area contributed by atoms with Gasteiger partial charge in [0.25, 0.3) is 5.08 Å². The van der Waals surface area contributed by atoms with Crippen molar-refractivity contribution in [1.29, 1.82) is 0 Å². The van der Waals surface area contributed by atoms with E-state index in [9.17, 15) is 138 Å². The summed E-state index contributed by atoms with van der Waals surface area (Å²) >= 11 is 0.